The quantitative estimate of drug-likeness (QED) is 0.642. The van der Waals surface area contributed by atoms with Gasteiger partial charge in [-0.1, -0.05) is 0 Å². The van der Waals surface area contributed by atoms with Crippen molar-refractivity contribution in [3.05, 3.63) is 0 Å². The zero-order chi connectivity index (χ0) is 8.39. The number of hydrogen-bond donors (Lipinski definition) is 0. The summed E-state index contributed by atoms with van der Waals surface area (Å²) in [6.45, 7) is 1.71. The van der Waals surface area contributed by atoms with Gasteiger partial charge in [-0.05, 0) is 31.6 Å². The van der Waals surface area contributed by atoms with Gasteiger partial charge in [-0.25, -0.2) is 0 Å². The smallest absolute Gasteiger partial charge is 0.136 e. The third-order valence-electron chi connectivity index (χ3n) is 2.78. The highest BCUT2D eigenvalue weighted by atomic mass is 16.5. The molecular weight excluding hydrogens is 152 g/mol. The van der Waals surface area contributed by atoms with Crippen LogP contribution >= 0.6 is 0 Å². The highest BCUT2D eigenvalue weighted by Crippen LogP contribution is 2.33. The van der Waals surface area contributed by atoms with Gasteiger partial charge in [0.15, 0.2) is 0 Å². The minimum atomic E-state index is 0.437. The maximum Gasteiger partial charge on any atom is 0.136 e. The second-order valence-corrected chi connectivity index (χ2v) is 4.03. The lowest BCUT2D eigenvalue weighted by atomic mass is 9.95. The maximum atomic E-state index is 11.4. The van der Waals surface area contributed by atoms with Crippen molar-refractivity contribution in [3.8, 4) is 0 Å². The first-order valence-corrected chi connectivity index (χ1v) is 4.96. The van der Waals surface area contributed by atoms with Crippen LogP contribution in [0.5, 0.6) is 0 Å². The minimum absolute atomic E-state index is 0.437. The number of carbonyl (C=O) groups excluding carboxylic acids is 1. The number of ether oxygens (including phenoxy) is 1. The van der Waals surface area contributed by atoms with E-state index in [1.165, 1.54) is 6.42 Å². The van der Waals surface area contributed by atoms with E-state index in [0.29, 0.717) is 17.6 Å². The molecule has 2 aliphatic rings. The molecule has 1 atom stereocenters. The van der Waals surface area contributed by atoms with E-state index < -0.39 is 0 Å². The highest BCUT2D eigenvalue weighted by Gasteiger charge is 2.31. The zero-order valence-corrected chi connectivity index (χ0v) is 7.42. The van der Waals surface area contributed by atoms with Crippen molar-refractivity contribution in [1.82, 2.24) is 0 Å². The Kier molecular flexibility index (Phi) is 2.45. The number of carbonyl (C=O) groups is 1. The van der Waals surface area contributed by atoms with Gasteiger partial charge in [0, 0.05) is 25.6 Å². The fourth-order valence-electron chi connectivity index (χ4n) is 1.82. The highest BCUT2D eigenvalue weighted by molar-refractivity contribution is 5.83. The van der Waals surface area contributed by atoms with Crippen molar-refractivity contribution < 1.29 is 9.53 Å². The van der Waals surface area contributed by atoms with Crippen molar-refractivity contribution in [2.75, 3.05) is 13.2 Å². The lowest BCUT2D eigenvalue weighted by Crippen LogP contribution is -2.20. The monoisotopic (exact) mass is 168 g/mol. The summed E-state index contributed by atoms with van der Waals surface area (Å²) in [4.78, 5) is 11.4. The first kappa shape index (κ1) is 8.24. The molecule has 2 nitrogen and oxygen atoms in total. The third-order valence-corrected chi connectivity index (χ3v) is 2.78. The Morgan fingerprint density at radius 3 is 2.75 bits per heavy atom. The molecule has 0 aromatic carbocycles. The van der Waals surface area contributed by atoms with Crippen molar-refractivity contribution in [2.45, 2.75) is 32.1 Å². The molecule has 1 aliphatic heterocycles. The Bertz CT molecular complexity index is 167. The van der Waals surface area contributed by atoms with Gasteiger partial charge in [0.1, 0.15) is 5.78 Å². The van der Waals surface area contributed by atoms with Crippen molar-refractivity contribution in [2.24, 2.45) is 11.8 Å². The van der Waals surface area contributed by atoms with Gasteiger partial charge >= 0.3 is 0 Å². The Morgan fingerprint density at radius 1 is 1.33 bits per heavy atom. The maximum absolute atomic E-state index is 11.4. The molecule has 0 N–H and O–H groups in total. The number of ketones is 1. The van der Waals surface area contributed by atoms with Crippen LogP contribution < -0.4 is 0 Å². The van der Waals surface area contributed by atoms with E-state index in [0.717, 1.165) is 38.9 Å². The SMILES string of the molecule is O=C(CC1CCCOC1)C1CC1. The molecule has 1 unspecified atom stereocenters. The average molecular weight is 168 g/mol. The lowest BCUT2D eigenvalue weighted by Gasteiger charge is -2.21. The van der Waals surface area contributed by atoms with E-state index in [-0.39, 0.29) is 0 Å². The van der Waals surface area contributed by atoms with E-state index in [9.17, 15) is 4.79 Å². The molecule has 0 bridgehead atoms. The molecule has 1 aliphatic carbocycles. The molecule has 1 saturated carbocycles. The number of Topliss-reactive ketones (excluding diaryl/α,β-unsaturated/α-hetero) is 1. The lowest BCUT2D eigenvalue weighted by molar-refractivity contribution is -0.122. The van der Waals surface area contributed by atoms with Gasteiger partial charge in [0.05, 0.1) is 0 Å². The minimum Gasteiger partial charge on any atom is -0.381 e. The largest absolute Gasteiger partial charge is 0.381 e. The fraction of sp³-hybridized carbons (Fsp3) is 0.900. The molecule has 2 fully saturated rings. The molecule has 2 rings (SSSR count). The summed E-state index contributed by atoms with van der Waals surface area (Å²) in [6.07, 6.45) is 5.41. The Morgan fingerprint density at radius 2 is 2.17 bits per heavy atom. The topological polar surface area (TPSA) is 26.3 Å². The van der Waals surface area contributed by atoms with E-state index in [4.69, 9.17) is 4.74 Å². The van der Waals surface area contributed by atoms with Crippen LogP contribution in [0.1, 0.15) is 32.1 Å². The van der Waals surface area contributed by atoms with Gasteiger partial charge in [-0.15, -0.1) is 0 Å². The summed E-state index contributed by atoms with van der Waals surface area (Å²) in [5.74, 6) is 1.46. The normalized spacial score (nSPS) is 30.2. The van der Waals surface area contributed by atoms with Crippen LogP contribution in [0, 0.1) is 11.8 Å². The van der Waals surface area contributed by atoms with Gasteiger partial charge in [-0.3, -0.25) is 4.79 Å². The van der Waals surface area contributed by atoms with Crippen LogP contribution in [0.4, 0.5) is 0 Å². The Balaban J connectivity index is 1.73. The van der Waals surface area contributed by atoms with Gasteiger partial charge in [0.2, 0.25) is 0 Å². The molecule has 2 heteroatoms. The molecule has 0 spiro atoms. The summed E-state index contributed by atoms with van der Waals surface area (Å²) in [7, 11) is 0. The fourth-order valence-corrected chi connectivity index (χ4v) is 1.82. The second-order valence-electron chi connectivity index (χ2n) is 4.03. The molecular formula is C10H16O2. The standard InChI is InChI=1S/C10H16O2/c11-10(9-3-4-9)6-8-2-1-5-12-7-8/h8-9H,1-7H2. The summed E-state index contributed by atoms with van der Waals surface area (Å²) < 4.78 is 5.33. The van der Waals surface area contributed by atoms with Gasteiger partial charge < -0.3 is 4.74 Å². The molecule has 0 aromatic heterocycles. The third kappa shape index (κ3) is 2.07. The van der Waals surface area contributed by atoms with E-state index in [1.807, 2.05) is 0 Å². The van der Waals surface area contributed by atoms with E-state index in [2.05, 4.69) is 0 Å². The van der Waals surface area contributed by atoms with Crippen LogP contribution in [0.2, 0.25) is 0 Å². The first-order chi connectivity index (χ1) is 5.86. The molecule has 68 valence electrons. The average Bonchev–Trinajstić information content (AvgIpc) is 2.88. The van der Waals surface area contributed by atoms with Crippen LogP contribution in [0.3, 0.4) is 0 Å². The number of hydrogen-bond acceptors (Lipinski definition) is 2. The molecule has 0 radical (unpaired) electrons. The van der Waals surface area contributed by atoms with Gasteiger partial charge in [0.25, 0.3) is 0 Å². The van der Waals surface area contributed by atoms with E-state index in [1.54, 1.807) is 0 Å². The van der Waals surface area contributed by atoms with Crippen LogP contribution in [-0.4, -0.2) is 19.0 Å². The van der Waals surface area contributed by atoms with Gasteiger partial charge in [-0.2, -0.15) is 0 Å². The second kappa shape index (κ2) is 3.56. The van der Waals surface area contributed by atoms with E-state index >= 15 is 0 Å². The van der Waals surface area contributed by atoms with Crippen LogP contribution in [0.15, 0.2) is 0 Å². The summed E-state index contributed by atoms with van der Waals surface area (Å²) in [5.41, 5.74) is 0. The number of rotatable bonds is 3. The zero-order valence-electron chi connectivity index (χ0n) is 7.42. The van der Waals surface area contributed by atoms with Crippen LogP contribution in [-0.2, 0) is 9.53 Å². The van der Waals surface area contributed by atoms with Crippen molar-refractivity contribution in [3.63, 3.8) is 0 Å². The molecule has 1 saturated heterocycles. The Labute approximate surface area is 73.3 Å². The predicted octanol–water partition coefficient (Wildman–Crippen LogP) is 1.78. The molecule has 0 amide bonds. The Hall–Kier alpha value is -0.370. The van der Waals surface area contributed by atoms with Crippen molar-refractivity contribution >= 4 is 5.78 Å². The van der Waals surface area contributed by atoms with Crippen molar-refractivity contribution in [1.29, 1.82) is 0 Å². The molecule has 12 heavy (non-hydrogen) atoms. The summed E-state index contributed by atoms with van der Waals surface area (Å²) in [5, 5.41) is 0. The summed E-state index contributed by atoms with van der Waals surface area (Å²) in [6, 6.07) is 0. The summed E-state index contributed by atoms with van der Waals surface area (Å²) >= 11 is 0. The first-order valence-electron chi connectivity index (χ1n) is 4.96. The molecule has 0 aromatic rings. The molecule has 1 heterocycles. The van der Waals surface area contributed by atoms with Crippen LogP contribution in [0.25, 0.3) is 0 Å². The predicted molar refractivity (Wildman–Crippen MR) is 45.9 cm³/mol.